The van der Waals surface area contributed by atoms with E-state index in [2.05, 4.69) is 10.1 Å². The number of hydrogen-bond acceptors (Lipinski definition) is 7. The van der Waals surface area contributed by atoms with Gasteiger partial charge < -0.3 is 19.5 Å². The number of hydrogen-bond donors (Lipinski definition) is 2. The molecule has 0 aromatic heterocycles. The minimum Gasteiger partial charge on any atom is -0.486 e. The summed E-state index contributed by atoms with van der Waals surface area (Å²) in [5.41, 5.74) is -0.893. The number of benzene rings is 1. The van der Waals surface area contributed by atoms with E-state index in [1.54, 1.807) is 25.1 Å². The van der Waals surface area contributed by atoms with E-state index < -0.39 is 36.0 Å². The summed E-state index contributed by atoms with van der Waals surface area (Å²) < 4.78 is 15.6. The van der Waals surface area contributed by atoms with E-state index in [1.807, 2.05) is 5.32 Å². The molecule has 0 spiro atoms. The first-order valence-electron chi connectivity index (χ1n) is 8.36. The first-order chi connectivity index (χ1) is 12.8. The van der Waals surface area contributed by atoms with Crippen molar-refractivity contribution in [3.05, 3.63) is 23.8 Å². The zero-order valence-corrected chi connectivity index (χ0v) is 14.9. The topological polar surface area (TPSA) is 123 Å². The molecule has 1 aromatic carbocycles. The third-order valence-electron chi connectivity index (χ3n) is 4.21. The van der Waals surface area contributed by atoms with Crippen LogP contribution in [0, 0.1) is 0 Å². The van der Waals surface area contributed by atoms with Crippen LogP contribution in [0.2, 0.25) is 0 Å². The summed E-state index contributed by atoms with van der Waals surface area (Å²) in [5.74, 6) is -0.428. The second-order valence-corrected chi connectivity index (χ2v) is 6.07. The number of imide groups is 2. The van der Waals surface area contributed by atoms with Crippen LogP contribution < -0.4 is 20.1 Å². The molecule has 1 fully saturated rings. The Kier molecular flexibility index (Phi) is 4.89. The maximum absolute atomic E-state index is 12.8. The number of ether oxygens (including phenoxy) is 3. The molecule has 2 heterocycles. The maximum atomic E-state index is 12.8. The van der Waals surface area contributed by atoms with Gasteiger partial charge in [0.1, 0.15) is 25.3 Å². The fourth-order valence-corrected chi connectivity index (χ4v) is 2.85. The smallest absolute Gasteiger partial charge is 0.413 e. The van der Waals surface area contributed by atoms with Crippen LogP contribution in [0.3, 0.4) is 0 Å². The lowest BCUT2D eigenvalue weighted by molar-refractivity contribution is -0.134. The largest absolute Gasteiger partial charge is 0.486 e. The van der Waals surface area contributed by atoms with Gasteiger partial charge in [-0.05, 0) is 31.5 Å². The van der Waals surface area contributed by atoms with Crippen molar-refractivity contribution >= 4 is 23.9 Å². The summed E-state index contributed by atoms with van der Waals surface area (Å²) in [6.07, 6.45) is -0.941. The van der Waals surface area contributed by atoms with E-state index in [9.17, 15) is 19.2 Å². The van der Waals surface area contributed by atoms with Gasteiger partial charge in [-0.15, -0.1) is 0 Å². The summed E-state index contributed by atoms with van der Waals surface area (Å²) in [7, 11) is 0. The van der Waals surface area contributed by atoms with E-state index in [-0.39, 0.29) is 6.61 Å². The zero-order chi connectivity index (χ0) is 19.6. The van der Waals surface area contributed by atoms with Gasteiger partial charge in [0.25, 0.3) is 5.91 Å². The molecule has 0 bridgehead atoms. The number of carbonyl (C=O) groups is 4. The van der Waals surface area contributed by atoms with Gasteiger partial charge in [0.15, 0.2) is 11.5 Å². The fourth-order valence-electron chi connectivity index (χ4n) is 2.85. The molecule has 2 aliphatic rings. The molecule has 0 saturated carbocycles. The molecule has 10 heteroatoms. The van der Waals surface area contributed by atoms with Crippen LogP contribution in [-0.4, -0.2) is 55.2 Å². The minimum atomic E-state index is -1.38. The Morgan fingerprint density at radius 2 is 1.96 bits per heavy atom. The first-order valence-corrected chi connectivity index (χ1v) is 8.36. The zero-order valence-electron chi connectivity index (χ0n) is 14.9. The second kappa shape index (κ2) is 7.14. The van der Waals surface area contributed by atoms with E-state index in [4.69, 9.17) is 9.47 Å². The molecule has 1 aromatic rings. The van der Waals surface area contributed by atoms with Crippen LogP contribution in [0.5, 0.6) is 11.5 Å². The van der Waals surface area contributed by atoms with Gasteiger partial charge in [-0.1, -0.05) is 6.07 Å². The van der Waals surface area contributed by atoms with Crippen molar-refractivity contribution < 1.29 is 33.4 Å². The van der Waals surface area contributed by atoms with Gasteiger partial charge in [0.2, 0.25) is 5.91 Å². The monoisotopic (exact) mass is 377 g/mol. The average Bonchev–Trinajstić information content (AvgIpc) is 2.85. The molecule has 0 unspecified atom stereocenters. The van der Waals surface area contributed by atoms with Gasteiger partial charge in [-0.3, -0.25) is 19.8 Å². The maximum Gasteiger partial charge on any atom is 0.413 e. The molecule has 5 amide bonds. The van der Waals surface area contributed by atoms with Crippen molar-refractivity contribution in [1.29, 1.82) is 0 Å². The number of carbonyl (C=O) groups excluding carboxylic acids is 4. The van der Waals surface area contributed by atoms with Gasteiger partial charge in [0.05, 0.1) is 6.61 Å². The van der Waals surface area contributed by atoms with E-state index >= 15 is 0 Å². The predicted molar refractivity (Wildman–Crippen MR) is 90.2 cm³/mol. The minimum absolute atomic E-state index is 0.0877. The Morgan fingerprint density at radius 1 is 1.26 bits per heavy atom. The Morgan fingerprint density at radius 3 is 2.67 bits per heavy atom. The number of nitrogens with one attached hydrogen (secondary N) is 2. The van der Waals surface area contributed by atoms with E-state index in [1.165, 1.54) is 6.92 Å². The Labute approximate surface area is 154 Å². The van der Waals surface area contributed by atoms with Gasteiger partial charge in [0, 0.05) is 0 Å². The number of fused-ring (bicyclic) bond motifs is 1. The molecular weight excluding hydrogens is 358 g/mol. The van der Waals surface area contributed by atoms with Crippen molar-refractivity contribution in [2.75, 3.05) is 26.4 Å². The molecule has 1 atom stereocenters. The molecule has 0 aliphatic carbocycles. The lowest BCUT2D eigenvalue weighted by Gasteiger charge is -2.25. The number of nitrogens with zero attached hydrogens (tertiary/aromatic N) is 1. The van der Waals surface area contributed by atoms with Crippen molar-refractivity contribution in [2.24, 2.45) is 0 Å². The standard InChI is InChI=1S/C17H19N3O7/c1-3-25-16(24)18-13(21)9-20-14(22)17(2,19-15(20)23)10-4-5-11-12(8-10)27-7-6-26-11/h4-5,8H,3,6-7,9H2,1-2H3,(H,19,23)(H,18,21,24)/t17-/m0/s1. The first kappa shape index (κ1) is 18.5. The molecule has 3 rings (SSSR count). The highest BCUT2D eigenvalue weighted by Gasteiger charge is 2.49. The van der Waals surface area contributed by atoms with Gasteiger partial charge in [-0.25, -0.2) is 9.59 Å². The highest BCUT2D eigenvalue weighted by atomic mass is 16.6. The molecule has 27 heavy (non-hydrogen) atoms. The third-order valence-corrected chi connectivity index (χ3v) is 4.21. The number of alkyl carbamates (subject to hydrolysis) is 1. The van der Waals surface area contributed by atoms with Crippen molar-refractivity contribution in [2.45, 2.75) is 19.4 Å². The third kappa shape index (κ3) is 3.50. The summed E-state index contributed by atoms with van der Waals surface area (Å²) >= 11 is 0. The van der Waals surface area contributed by atoms with Gasteiger partial charge >= 0.3 is 12.1 Å². The van der Waals surface area contributed by atoms with Crippen LogP contribution >= 0.6 is 0 Å². The van der Waals surface area contributed by atoms with Crippen molar-refractivity contribution in [3.63, 3.8) is 0 Å². The highest BCUT2D eigenvalue weighted by molar-refractivity contribution is 6.10. The van der Waals surface area contributed by atoms with Crippen molar-refractivity contribution in [1.82, 2.24) is 15.5 Å². The Balaban J connectivity index is 1.76. The van der Waals surface area contributed by atoms with Crippen LogP contribution in [0.15, 0.2) is 18.2 Å². The van der Waals surface area contributed by atoms with E-state index in [0.717, 1.165) is 4.90 Å². The van der Waals surface area contributed by atoms with Crippen LogP contribution in [-0.2, 0) is 19.9 Å². The quantitative estimate of drug-likeness (QED) is 0.732. The second-order valence-electron chi connectivity index (χ2n) is 6.07. The van der Waals surface area contributed by atoms with Crippen molar-refractivity contribution in [3.8, 4) is 11.5 Å². The molecule has 0 radical (unpaired) electrons. The lowest BCUT2D eigenvalue weighted by atomic mass is 9.91. The normalized spacial score (nSPS) is 20.9. The molecule has 2 N–H and O–H groups in total. The summed E-state index contributed by atoms with van der Waals surface area (Å²) in [6.45, 7) is 3.41. The summed E-state index contributed by atoms with van der Waals surface area (Å²) in [5, 5.41) is 4.53. The number of rotatable bonds is 4. The summed E-state index contributed by atoms with van der Waals surface area (Å²) in [4.78, 5) is 49.0. The molecule has 144 valence electrons. The molecule has 2 aliphatic heterocycles. The van der Waals surface area contributed by atoms with Crippen LogP contribution in [0.25, 0.3) is 0 Å². The van der Waals surface area contributed by atoms with Crippen LogP contribution in [0.1, 0.15) is 19.4 Å². The number of urea groups is 1. The highest BCUT2D eigenvalue weighted by Crippen LogP contribution is 2.36. The lowest BCUT2D eigenvalue weighted by Crippen LogP contribution is -2.44. The number of amides is 5. The molecule has 1 saturated heterocycles. The van der Waals surface area contributed by atoms with Crippen LogP contribution in [0.4, 0.5) is 9.59 Å². The Hall–Kier alpha value is -3.30. The SMILES string of the molecule is CCOC(=O)NC(=O)CN1C(=O)N[C@@](C)(c2ccc3c(c2)OCCO3)C1=O. The molecule has 10 nitrogen and oxygen atoms in total. The molecular formula is C17H19N3O7. The van der Waals surface area contributed by atoms with E-state index in [0.29, 0.717) is 30.3 Å². The Bertz CT molecular complexity index is 810. The predicted octanol–water partition coefficient (Wildman–Crippen LogP) is 0.498. The summed E-state index contributed by atoms with van der Waals surface area (Å²) in [6, 6.07) is 4.18. The fraction of sp³-hybridized carbons (Fsp3) is 0.412. The van der Waals surface area contributed by atoms with Gasteiger partial charge in [-0.2, -0.15) is 0 Å². The average molecular weight is 377 g/mol.